The second-order valence-corrected chi connectivity index (χ2v) is 7.92. The lowest BCUT2D eigenvalue weighted by Gasteiger charge is -2.28. The van der Waals surface area contributed by atoms with E-state index in [1.807, 2.05) is 18.7 Å². The molecular weight excluding hydrogens is 419 g/mol. The maximum Gasteiger partial charge on any atom is 0.573 e. The van der Waals surface area contributed by atoms with Crippen LogP contribution in [-0.2, 0) is 0 Å². The molecular formula is C19H18F3N5O2S. The van der Waals surface area contributed by atoms with Gasteiger partial charge in [0.2, 0.25) is 0 Å². The highest BCUT2D eigenvalue weighted by Gasteiger charge is 2.31. The molecule has 0 unspecified atom stereocenters. The Morgan fingerprint density at radius 2 is 1.90 bits per heavy atom. The van der Waals surface area contributed by atoms with Crippen molar-refractivity contribution in [3.8, 4) is 5.75 Å². The van der Waals surface area contributed by atoms with Crippen molar-refractivity contribution in [3.05, 3.63) is 47.9 Å². The lowest BCUT2D eigenvalue weighted by Crippen LogP contribution is -2.33. The molecule has 0 radical (unpaired) electrons. The van der Waals surface area contributed by atoms with Crippen molar-refractivity contribution in [2.45, 2.75) is 13.3 Å². The summed E-state index contributed by atoms with van der Waals surface area (Å²) < 4.78 is 42.2. The first-order chi connectivity index (χ1) is 14.3. The van der Waals surface area contributed by atoms with Gasteiger partial charge in [-0.05, 0) is 31.2 Å². The van der Waals surface area contributed by atoms with Gasteiger partial charge in [0, 0.05) is 36.3 Å². The minimum absolute atomic E-state index is 0.186. The fraction of sp³-hybridized carbons (Fsp3) is 0.316. The van der Waals surface area contributed by atoms with Gasteiger partial charge in [-0.1, -0.05) is 0 Å². The second kappa shape index (κ2) is 8.05. The molecule has 2 aromatic heterocycles. The van der Waals surface area contributed by atoms with Crippen LogP contribution in [0, 0.1) is 6.92 Å². The number of halogens is 3. The third-order valence-electron chi connectivity index (χ3n) is 4.45. The van der Waals surface area contributed by atoms with E-state index in [9.17, 15) is 18.0 Å². The second-order valence-electron chi connectivity index (χ2n) is 6.69. The van der Waals surface area contributed by atoms with E-state index in [-0.39, 0.29) is 11.4 Å². The molecule has 0 spiro atoms. The Morgan fingerprint density at radius 1 is 1.20 bits per heavy atom. The van der Waals surface area contributed by atoms with Crippen LogP contribution in [0.15, 0.2) is 36.5 Å². The number of thioether (sulfide) groups is 1. The molecule has 0 aliphatic carbocycles. The molecule has 11 heteroatoms. The van der Waals surface area contributed by atoms with E-state index in [1.54, 1.807) is 16.8 Å². The smallest absolute Gasteiger partial charge is 0.406 e. The molecule has 1 aromatic carbocycles. The fourth-order valence-corrected chi connectivity index (χ4v) is 4.05. The Hall–Kier alpha value is -2.95. The van der Waals surface area contributed by atoms with Gasteiger partial charge in [0.15, 0.2) is 11.5 Å². The largest absolute Gasteiger partial charge is 0.573 e. The van der Waals surface area contributed by atoms with Gasteiger partial charge >= 0.3 is 6.36 Å². The van der Waals surface area contributed by atoms with E-state index in [4.69, 9.17) is 0 Å². The number of nitrogens with zero attached hydrogens (tertiary/aromatic N) is 4. The summed E-state index contributed by atoms with van der Waals surface area (Å²) in [5, 5.41) is 6.98. The van der Waals surface area contributed by atoms with Gasteiger partial charge in [-0.2, -0.15) is 16.9 Å². The summed E-state index contributed by atoms with van der Waals surface area (Å²) >= 11 is 1.89. The average Bonchev–Trinajstić information content (AvgIpc) is 3.12. The van der Waals surface area contributed by atoms with Gasteiger partial charge in [0.1, 0.15) is 11.3 Å². The quantitative estimate of drug-likeness (QED) is 0.671. The monoisotopic (exact) mass is 437 g/mol. The molecule has 30 heavy (non-hydrogen) atoms. The van der Waals surface area contributed by atoms with Crippen LogP contribution >= 0.6 is 11.8 Å². The van der Waals surface area contributed by atoms with Crippen molar-refractivity contribution in [1.29, 1.82) is 0 Å². The van der Waals surface area contributed by atoms with Gasteiger partial charge in [0.05, 0.1) is 11.9 Å². The van der Waals surface area contributed by atoms with Crippen LogP contribution in [0.2, 0.25) is 0 Å². The number of carbonyl (C=O) groups excluding carboxylic acids is 1. The highest BCUT2D eigenvalue weighted by molar-refractivity contribution is 7.99. The van der Waals surface area contributed by atoms with Crippen molar-refractivity contribution < 1.29 is 22.7 Å². The number of nitrogens with one attached hydrogen (secondary N) is 1. The SMILES string of the molecule is Cc1cn2nc(C(=O)Nc3ccc(OC(F)(F)F)cc3)cc2c(N2CCSCC2)n1. The fourth-order valence-electron chi connectivity index (χ4n) is 3.14. The number of alkyl halides is 3. The molecule has 1 N–H and O–H groups in total. The number of hydrogen-bond donors (Lipinski definition) is 1. The van der Waals surface area contributed by atoms with Gasteiger partial charge < -0.3 is 15.0 Å². The Balaban J connectivity index is 1.55. The number of benzene rings is 1. The number of anilines is 2. The van der Waals surface area contributed by atoms with Crippen LogP contribution in [0.25, 0.3) is 5.52 Å². The summed E-state index contributed by atoms with van der Waals surface area (Å²) in [6.07, 6.45) is -3.02. The summed E-state index contributed by atoms with van der Waals surface area (Å²) in [5.41, 5.74) is 2.03. The number of aromatic nitrogens is 3. The third-order valence-corrected chi connectivity index (χ3v) is 5.39. The molecule has 0 bridgehead atoms. The van der Waals surface area contributed by atoms with Crippen LogP contribution in [-0.4, -0.2) is 51.5 Å². The molecule has 4 rings (SSSR count). The molecule has 1 saturated heterocycles. The number of amides is 1. The molecule has 1 amide bonds. The number of aryl methyl sites for hydroxylation is 1. The number of fused-ring (bicyclic) bond motifs is 1. The minimum Gasteiger partial charge on any atom is -0.406 e. The average molecular weight is 437 g/mol. The predicted octanol–water partition coefficient (Wildman–Crippen LogP) is 3.74. The summed E-state index contributed by atoms with van der Waals surface area (Å²) in [6.45, 7) is 3.61. The molecule has 3 heterocycles. The van der Waals surface area contributed by atoms with Gasteiger partial charge in [0.25, 0.3) is 5.91 Å². The summed E-state index contributed by atoms with van der Waals surface area (Å²) in [4.78, 5) is 19.5. The van der Waals surface area contributed by atoms with Crippen LogP contribution in [0.3, 0.4) is 0 Å². The lowest BCUT2D eigenvalue weighted by molar-refractivity contribution is -0.274. The third kappa shape index (κ3) is 4.61. The molecule has 0 atom stereocenters. The normalized spacial score (nSPS) is 14.7. The van der Waals surface area contributed by atoms with Gasteiger partial charge in [-0.15, -0.1) is 13.2 Å². The van der Waals surface area contributed by atoms with Crippen LogP contribution in [0.1, 0.15) is 16.2 Å². The van der Waals surface area contributed by atoms with E-state index < -0.39 is 12.3 Å². The first kappa shape index (κ1) is 20.3. The summed E-state index contributed by atoms with van der Waals surface area (Å²) in [5.74, 6) is 1.98. The van der Waals surface area contributed by atoms with Crippen molar-refractivity contribution in [1.82, 2.24) is 14.6 Å². The minimum atomic E-state index is -4.77. The molecule has 1 fully saturated rings. The highest BCUT2D eigenvalue weighted by atomic mass is 32.2. The molecule has 1 aliphatic rings. The molecule has 1 aliphatic heterocycles. The highest BCUT2D eigenvalue weighted by Crippen LogP contribution is 2.26. The van der Waals surface area contributed by atoms with Crippen LogP contribution in [0.5, 0.6) is 5.75 Å². The first-order valence-corrected chi connectivity index (χ1v) is 10.3. The van der Waals surface area contributed by atoms with E-state index in [0.29, 0.717) is 5.69 Å². The zero-order chi connectivity index (χ0) is 21.3. The van der Waals surface area contributed by atoms with E-state index in [0.717, 1.165) is 53.8 Å². The maximum absolute atomic E-state index is 12.6. The number of ether oxygens (including phenoxy) is 1. The molecule has 3 aromatic rings. The van der Waals surface area contributed by atoms with Crippen molar-refractivity contribution in [3.63, 3.8) is 0 Å². The maximum atomic E-state index is 12.6. The van der Waals surface area contributed by atoms with Gasteiger partial charge in [-0.25, -0.2) is 9.50 Å². The summed E-state index contributed by atoms with van der Waals surface area (Å²) in [6, 6.07) is 6.59. The Labute approximate surface area is 174 Å². The zero-order valence-electron chi connectivity index (χ0n) is 15.9. The van der Waals surface area contributed by atoms with Crippen LogP contribution < -0.4 is 15.0 Å². The Bertz CT molecular complexity index is 1060. The number of rotatable bonds is 4. The Morgan fingerprint density at radius 3 is 2.57 bits per heavy atom. The lowest BCUT2D eigenvalue weighted by atomic mass is 10.3. The van der Waals surface area contributed by atoms with E-state index in [1.165, 1.54) is 12.1 Å². The first-order valence-electron chi connectivity index (χ1n) is 9.15. The standard InChI is InChI=1S/C19H18F3N5O2S/c1-12-11-27-16(17(23-12)26-6-8-30-9-7-26)10-15(25-27)18(28)24-13-2-4-14(5-3-13)29-19(20,21)22/h2-5,10-11H,6-9H2,1H3,(H,24,28). The zero-order valence-corrected chi connectivity index (χ0v) is 16.8. The predicted molar refractivity (Wildman–Crippen MR) is 108 cm³/mol. The summed E-state index contributed by atoms with van der Waals surface area (Å²) in [7, 11) is 0. The number of hydrogen-bond acceptors (Lipinski definition) is 6. The van der Waals surface area contributed by atoms with E-state index >= 15 is 0 Å². The Kier molecular flexibility index (Phi) is 5.46. The van der Waals surface area contributed by atoms with Crippen molar-refractivity contribution in [2.24, 2.45) is 0 Å². The topological polar surface area (TPSA) is 71.8 Å². The molecule has 7 nitrogen and oxygen atoms in total. The van der Waals surface area contributed by atoms with Crippen molar-refractivity contribution in [2.75, 3.05) is 34.8 Å². The van der Waals surface area contributed by atoms with Crippen molar-refractivity contribution >= 4 is 34.7 Å². The molecule has 158 valence electrons. The number of carbonyl (C=O) groups is 1. The van der Waals surface area contributed by atoms with Gasteiger partial charge in [-0.3, -0.25) is 4.79 Å². The van der Waals surface area contributed by atoms with E-state index in [2.05, 4.69) is 25.0 Å². The van der Waals surface area contributed by atoms with Crippen LogP contribution in [0.4, 0.5) is 24.7 Å². The molecule has 0 saturated carbocycles.